The van der Waals surface area contributed by atoms with E-state index in [1.54, 1.807) is 24.3 Å². The van der Waals surface area contributed by atoms with Crippen LogP contribution in [0.3, 0.4) is 0 Å². The lowest BCUT2D eigenvalue weighted by Crippen LogP contribution is -2.21. The SMILES string of the molecule is CC(OCc1nc2ccccc2c(=O)[nH]1)C(=O)O. The molecule has 94 valence electrons. The second kappa shape index (κ2) is 4.97. The normalized spacial score (nSPS) is 12.5. The Kier molecular flexibility index (Phi) is 3.38. The molecule has 6 heteroatoms. The van der Waals surface area contributed by atoms with E-state index in [0.717, 1.165) is 0 Å². The Labute approximate surface area is 102 Å². The van der Waals surface area contributed by atoms with Crippen LogP contribution in [0.15, 0.2) is 29.1 Å². The summed E-state index contributed by atoms with van der Waals surface area (Å²) in [5.41, 5.74) is 0.296. The van der Waals surface area contributed by atoms with E-state index < -0.39 is 12.1 Å². The van der Waals surface area contributed by atoms with E-state index >= 15 is 0 Å². The third-order valence-electron chi connectivity index (χ3n) is 2.48. The molecule has 2 aromatic rings. The zero-order valence-electron chi connectivity index (χ0n) is 9.71. The number of hydrogen-bond acceptors (Lipinski definition) is 4. The van der Waals surface area contributed by atoms with E-state index in [4.69, 9.17) is 9.84 Å². The summed E-state index contributed by atoms with van der Waals surface area (Å²) in [5.74, 6) is -0.745. The van der Waals surface area contributed by atoms with Crippen molar-refractivity contribution in [3.8, 4) is 0 Å². The van der Waals surface area contributed by atoms with Crippen molar-refractivity contribution in [2.24, 2.45) is 0 Å². The lowest BCUT2D eigenvalue weighted by molar-refractivity contribution is -0.150. The van der Waals surface area contributed by atoms with Gasteiger partial charge in [0.05, 0.1) is 10.9 Å². The Morgan fingerprint density at radius 3 is 2.94 bits per heavy atom. The van der Waals surface area contributed by atoms with Crippen molar-refractivity contribution in [2.45, 2.75) is 19.6 Å². The Hall–Kier alpha value is -2.21. The second-order valence-electron chi connectivity index (χ2n) is 3.82. The van der Waals surface area contributed by atoms with Crippen LogP contribution in [0.5, 0.6) is 0 Å². The first-order chi connectivity index (χ1) is 8.58. The highest BCUT2D eigenvalue weighted by molar-refractivity contribution is 5.77. The molecular formula is C12H12N2O4. The van der Waals surface area contributed by atoms with Gasteiger partial charge in [0.2, 0.25) is 0 Å². The van der Waals surface area contributed by atoms with Crippen LogP contribution in [-0.4, -0.2) is 27.1 Å². The molecule has 1 aromatic carbocycles. The Balaban J connectivity index is 2.25. The van der Waals surface area contributed by atoms with Crippen molar-refractivity contribution in [1.29, 1.82) is 0 Å². The quantitative estimate of drug-likeness (QED) is 0.839. The van der Waals surface area contributed by atoms with Crippen LogP contribution in [0.1, 0.15) is 12.7 Å². The summed E-state index contributed by atoms with van der Waals surface area (Å²) >= 11 is 0. The van der Waals surface area contributed by atoms with Gasteiger partial charge in [-0.05, 0) is 19.1 Å². The number of aliphatic carboxylic acids is 1. The number of H-pyrrole nitrogens is 1. The summed E-state index contributed by atoms with van der Waals surface area (Å²) in [6, 6.07) is 6.92. The van der Waals surface area contributed by atoms with Crippen LogP contribution in [0, 0.1) is 0 Å². The highest BCUT2D eigenvalue weighted by atomic mass is 16.5. The number of ether oxygens (including phenoxy) is 1. The topological polar surface area (TPSA) is 92.3 Å². The minimum Gasteiger partial charge on any atom is -0.479 e. The smallest absolute Gasteiger partial charge is 0.332 e. The van der Waals surface area contributed by atoms with Crippen molar-refractivity contribution in [3.63, 3.8) is 0 Å². The van der Waals surface area contributed by atoms with Crippen LogP contribution in [0.4, 0.5) is 0 Å². The molecule has 2 N–H and O–H groups in total. The molecule has 0 aliphatic rings. The van der Waals surface area contributed by atoms with Crippen molar-refractivity contribution in [2.75, 3.05) is 0 Å². The van der Waals surface area contributed by atoms with Gasteiger partial charge in [-0.25, -0.2) is 9.78 Å². The van der Waals surface area contributed by atoms with Gasteiger partial charge in [0.15, 0.2) is 6.10 Å². The van der Waals surface area contributed by atoms with Crippen LogP contribution >= 0.6 is 0 Å². The molecule has 0 spiro atoms. The lowest BCUT2D eigenvalue weighted by Gasteiger charge is -2.08. The molecular weight excluding hydrogens is 236 g/mol. The molecule has 0 amide bonds. The summed E-state index contributed by atoms with van der Waals surface area (Å²) in [4.78, 5) is 29.0. The van der Waals surface area contributed by atoms with Crippen LogP contribution in [0.25, 0.3) is 10.9 Å². The number of nitrogens with one attached hydrogen (secondary N) is 1. The Bertz CT molecular complexity index is 635. The van der Waals surface area contributed by atoms with Crippen LogP contribution < -0.4 is 5.56 Å². The summed E-state index contributed by atoms with van der Waals surface area (Å²) in [6.07, 6.45) is -0.943. The molecule has 0 radical (unpaired) electrons. The Morgan fingerprint density at radius 1 is 1.50 bits per heavy atom. The summed E-state index contributed by atoms with van der Waals surface area (Å²) < 4.78 is 5.06. The predicted molar refractivity (Wildman–Crippen MR) is 64.3 cm³/mol. The van der Waals surface area contributed by atoms with Gasteiger partial charge in [-0.2, -0.15) is 0 Å². The molecule has 1 atom stereocenters. The van der Waals surface area contributed by atoms with Crippen LogP contribution in [-0.2, 0) is 16.1 Å². The first kappa shape index (κ1) is 12.3. The van der Waals surface area contributed by atoms with Crippen molar-refractivity contribution in [1.82, 2.24) is 9.97 Å². The molecule has 0 saturated carbocycles. The Morgan fingerprint density at radius 2 is 2.22 bits per heavy atom. The summed E-state index contributed by atoms with van der Waals surface area (Å²) in [6.45, 7) is 1.37. The van der Waals surface area contributed by atoms with E-state index in [2.05, 4.69) is 9.97 Å². The number of carboxylic acid groups (broad SMARTS) is 1. The number of aromatic nitrogens is 2. The third kappa shape index (κ3) is 2.54. The van der Waals surface area contributed by atoms with E-state index in [1.807, 2.05) is 0 Å². The number of carboxylic acids is 1. The molecule has 0 saturated heterocycles. The lowest BCUT2D eigenvalue weighted by atomic mass is 10.2. The molecule has 1 aromatic heterocycles. The monoisotopic (exact) mass is 248 g/mol. The molecule has 6 nitrogen and oxygen atoms in total. The third-order valence-corrected chi connectivity index (χ3v) is 2.48. The molecule has 1 unspecified atom stereocenters. The fourth-order valence-electron chi connectivity index (χ4n) is 1.48. The molecule has 0 bridgehead atoms. The zero-order valence-corrected chi connectivity index (χ0v) is 9.71. The van der Waals surface area contributed by atoms with E-state index in [1.165, 1.54) is 6.92 Å². The van der Waals surface area contributed by atoms with Gasteiger partial charge in [0.1, 0.15) is 12.4 Å². The van der Waals surface area contributed by atoms with E-state index in [-0.39, 0.29) is 12.2 Å². The molecule has 0 fully saturated rings. The number of hydrogen-bond donors (Lipinski definition) is 2. The summed E-state index contributed by atoms with van der Waals surface area (Å²) in [5, 5.41) is 9.16. The van der Waals surface area contributed by atoms with Crippen LogP contribution in [0.2, 0.25) is 0 Å². The van der Waals surface area contributed by atoms with Gasteiger partial charge >= 0.3 is 5.97 Å². The molecule has 1 heterocycles. The maximum atomic E-state index is 11.7. The fourth-order valence-corrected chi connectivity index (χ4v) is 1.48. The second-order valence-corrected chi connectivity index (χ2v) is 3.82. The number of benzene rings is 1. The average Bonchev–Trinajstić information content (AvgIpc) is 2.36. The van der Waals surface area contributed by atoms with E-state index in [0.29, 0.717) is 16.7 Å². The number of carbonyl (C=O) groups is 1. The maximum absolute atomic E-state index is 11.7. The molecule has 0 aliphatic heterocycles. The highest BCUT2D eigenvalue weighted by Gasteiger charge is 2.12. The first-order valence-electron chi connectivity index (χ1n) is 5.40. The first-order valence-corrected chi connectivity index (χ1v) is 5.40. The van der Waals surface area contributed by atoms with Crippen molar-refractivity contribution in [3.05, 3.63) is 40.4 Å². The average molecular weight is 248 g/mol. The number of aromatic amines is 1. The largest absolute Gasteiger partial charge is 0.479 e. The van der Waals surface area contributed by atoms with Gasteiger partial charge in [0.25, 0.3) is 5.56 Å². The van der Waals surface area contributed by atoms with Crippen molar-refractivity contribution < 1.29 is 14.6 Å². The number of para-hydroxylation sites is 1. The number of rotatable bonds is 4. The maximum Gasteiger partial charge on any atom is 0.332 e. The van der Waals surface area contributed by atoms with Gasteiger partial charge < -0.3 is 14.8 Å². The van der Waals surface area contributed by atoms with Crippen molar-refractivity contribution >= 4 is 16.9 Å². The highest BCUT2D eigenvalue weighted by Crippen LogP contribution is 2.06. The summed E-state index contributed by atoms with van der Waals surface area (Å²) in [7, 11) is 0. The number of fused-ring (bicyclic) bond motifs is 1. The molecule has 0 aliphatic carbocycles. The number of nitrogens with zero attached hydrogens (tertiary/aromatic N) is 1. The standard InChI is InChI=1S/C12H12N2O4/c1-7(12(16)17)18-6-10-13-9-5-3-2-4-8(9)11(15)14-10/h2-5,7H,6H2,1H3,(H,16,17)(H,13,14,15). The zero-order chi connectivity index (χ0) is 13.1. The minimum atomic E-state index is -1.06. The minimum absolute atomic E-state index is 0.0481. The fraction of sp³-hybridized carbons (Fsp3) is 0.250. The van der Waals surface area contributed by atoms with Gasteiger partial charge in [-0.1, -0.05) is 12.1 Å². The van der Waals surface area contributed by atoms with Gasteiger partial charge in [0, 0.05) is 0 Å². The van der Waals surface area contributed by atoms with Gasteiger partial charge in [-0.15, -0.1) is 0 Å². The molecule has 2 rings (SSSR count). The van der Waals surface area contributed by atoms with Gasteiger partial charge in [-0.3, -0.25) is 4.79 Å². The predicted octanol–water partition coefficient (Wildman–Crippen LogP) is 0.913. The molecule has 18 heavy (non-hydrogen) atoms. The van der Waals surface area contributed by atoms with E-state index in [9.17, 15) is 9.59 Å².